The Bertz CT molecular complexity index is 706. The average molecular weight is 323 g/mol. The van der Waals surface area contributed by atoms with Crippen LogP contribution in [-0.2, 0) is 0 Å². The molecule has 0 bridgehead atoms. The third-order valence-electron chi connectivity index (χ3n) is 3.81. The molecule has 0 spiro atoms. The van der Waals surface area contributed by atoms with Crippen molar-refractivity contribution in [2.24, 2.45) is 0 Å². The molecule has 4 heteroatoms. The zero-order valence-electron chi connectivity index (χ0n) is 11.5. The molecule has 104 valence electrons. The van der Waals surface area contributed by atoms with Gasteiger partial charge in [0.05, 0.1) is 9.21 Å². The number of carbonyl (C=O) groups excluding carboxylic acids is 1. The minimum Gasteiger partial charge on any atom is -0.297 e. The summed E-state index contributed by atoms with van der Waals surface area (Å²) in [4.78, 5) is 14.3. The van der Waals surface area contributed by atoms with Gasteiger partial charge in [-0.15, -0.1) is 22.7 Å². The highest BCUT2D eigenvalue weighted by molar-refractivity contribution is 7.16. The van der Waals surface area contributed by atoms with Crippen LogP contribution in [0.15, 0.2) is 12.1 Å². The summed E-state index contributed by atoms with van der Waals surface area (Å²) in [5, 5.41) is 0. The molecule has 0 unspecified atom stereocenters. The van der Waals surface area contributed by atoms with Crippen molar-refractivity contribution in [2.75, 3.05) is 0 Å². The minimum absolute atomic E-state index is 0.816. The summed E-state index contributed by atoms with van der Waals surface area (Å²) in [6.45, 7) is 4.23. The summed E-state index contributed by atoms with van der Waals surface area (Å²) in [6.07, 6.45) is 4.33. The van der Waals surface area contributed by atoms with Gasteiger partial charge in [-0.05, 0) is 67.5 Å². The molecule has 0 atom stereocenters. The largest absolute Gasteiger partial charge is 0.297 e. The van der Waals surface area contributed by atoms with Crippen LogP contribution in [0, 0.1) is 13.8 Å². The van der Waals surface area contributed by atoms with E-state index in [1.165, 1.54) is 38.4 Å². The van der Waals surface area contributed by atoms with Crippen LogP contribution in [0.5, 0.6) is 0 Å². The molecule has 3 rings (SSSR count). The van der Waals surface area contributed by atoms with Gasteiger partial charge in [0.2, 0.25) is 0 Å². The van der Waals surface area contributed by atoms with Crippen molar-refractivity contribution < 1.29 is 4.79 Å². The highest BCUT2D eigenvalue weighted by Crippen LogP contribution is 2.45. The maximum atomic E-state index is 11.0. The second kappa shape index (κ2) is 5.47. The molecule has 1 nitrogen and oxygen atoms in total. The van der Waals surface area contributed by atoms with E-state index >= 15 is 0 Å². The quantitative estimate of drug-likeness (QED) is 0.634. The highest BCUT2D eigenvalue weighted by Gasteiger charge is 2.22. The molecular formula is C16H15ClOS2. The maximum absolute atomic E-state index is 11.0. The van der Waals surface area contributed by atoms with Crippen LogP contribution in [-0.4, -0.2) is 6.29 Å². The Balaban J connectivity index is 2.14. The molecule has 1 aliphatic rings. The molecule has 0 radical (unpaired) electrons. The fourth-order valence-corrected chi connectivity index (χ4v) is 5.03. The van der Waals surface area contributed by atoms with Crippen molar-refractivity contribution in [3.05, 3.63) is 42.2 Å². The third-order valence-corrected chi connectivity index (χ3v) is 5.96. The van der Waals surface area contributed by atoms with Crippen LogP contribution < -0.4 is 0 Å². The topological polar surface area (TPSA) is 17.1 Å². The lowest BCUT2D eigenvalue weighted by Crippen LogP contribution is -1.86. The number of aldehydes is 1. The standard InChI is InChI=1S/C16H15ClOS2/c1-9-14(6-11(8-18)19-9)12-4-3-5-13(12)15-7-16(17)20-10(15)2/h6-8H,3-5H2,1-2H3. The lowest BCUT2D eigenvalue weighted by atomic mass is 9.98. The third kappa shape index (κ3) is 2.39. The molecule has 1 aliphatic carbocycles. The molecule has 2 heterocycles. The summed E-state index contributed by atoms with van der Waals surface area (Å²) in [5.74, 6) is 0. The lowest BCUT2D eigenvalue weighted by molar-refractivity contribution is 0.112. The number of allylic oxidation sites excluding steroid dienone is 2. The van der Waals surface area contributed by atoms with Gasteiger partial charge in [0.25, 0.3) is 0 Å². The molecule has 0 fully saturated rings. The first kappa shape index (κ1) is 14.1. The number of hydrogen-bond acceptors (Lipinski definition) is 3. The second-order valence-corrected chi connectivity index (χ2v) is 8.24. The van der Waals surface area contributed by atoms with E-state index in [-0.39, 0.29) is 0 Å². The minimum atomic E-state index is 0.816. The van der Waals surface area contributed by atoms with Gasteiger partial charge in [0.15, 0.2) is 6.29 Å². The Morgan fingerprint density at radius 1 is 1.05 bits per heavy atom. The lowest BCUT2D eigenvalue weighted by Gasteiger charge is -2.07. The molecular weight excluding hydrogens is 308 g/mol. The van der Waals surface area contributed by atoms with E-state index in [2.05, 4.69) is 19.9 Å². The van der Waals surface area contributed by atoms with Crippen molar-refractivity contribution in [1.29, 1.82) is 0 Å². The van der Waals surface area contributed by atoms with Crippen molar-refractivity contribution in [3.8, 4) is 0 Å². The van der Waals surface area contributed by atoms with Crippen LogP contribution in [0.25, 0.3) is 11.1 Å². The number of carbonyl (C=O) groups is 1. The Morgan fingerprint density at radius 3 is 2.15 bits per heavy atom. The van der Waals surface area contributed by atoms with Crippen molar-refractivity contribution >= 4 is 51.7 Å². The van der Waals surface area contributed by atoms with E-state index in [0.717, 1.165) is 28.3 Å². The normalized spacial score (nSPS) is 15.2. The monoisotopic (exact) mass is 322 g/mol. The number of aryl methyl sites for hydroxylation is 2. The van der Waals surface area contributed by atoms with Crippen LogP contribution in [0.4, 0.5) is 0 Å². The number of rotatable bonds is 3. The Morgan fingerprint density at radius 2 is 1.65 bits per heavy atom. The first-order valence-electron chi connectivity index (χ1n) is 6.64. The van der Waals surface area contributed by atoms with E-state index in [1.54, 1.807) is 22.7 Å². The van der Waals surface area contributed by atoms with E-state index in [4.69, 9.17) is 11.6 Å². The zero-order valence-corrected chi connectivity index (χ0v) is 13.8. The first-order chi connectivity index (χ1) is 9.60. The summed E-state index contributed by atoms with van der Waals surface area (Å²) in [5.41, 5.74) is 5.38. The van der Waals surface area contributed by atoms with Crippen LogP contribution >= 0.6 is 34.3 Å². The van der Waals surface area contributed by atoms with E-state index < -0.39 is 0 Å². The highest BCUT2D eigenvalue weighted by atomic mass is 35.5. The predicted octanol–water partition coefficient (Wildman–Crippen LogP) is 5.99. The van der Waals surface area contributed by atoms with E-state index in [9.17, 15) is 4.79 Å². The molecule has 0 saturated carbocycles. The van der Waals surface area contributed by atoms with Crippen molar-refractivity contribution in [3.63, 3.8) is 0 Å². The summed E-state index contributed by atoms with van der Waals surface area (Å²) >= 11 is 9.37. The first-order valence-corrected chi connectivity index (χ1v) is 8.65. The van der Waals surface area contributed by atoms with Gasteiger partial charge >= 0.3 is 0 Å². The van der Waals surface area contributed by atoms with Gasteiger partial charge in [-0.1, -0.05) is 11.6 Å². The molecule has 0 N–H and O–H groups in total. The van der Waals surface area contributed by atoms with Crippen molar-refractivity contribution in [2.45, 2.75) is 33.1 Å². The molecule has 2 aromatic heterocycles. The van der Waals surface area contributed by atoms with Gasteiger partial charge in [-0.3, -0.25) is 4.79 Å². The van der Waals surface area contributed by atoms with E-state index in [0.29, 0.717) is 0 Å². The van der Waals surface area contributed by atoms with Gasteiger partial charge in [0, 0.05) is 9.75 Å². The molecule has 0 aliphatic heterocycles. The van der Waals surface area contributed by atoms with E-state index in [1.807, 2.05) is 6.07 Å². The summed E-state index contributed by atoms with van der Waals surface area (Å²) in [7, 11) is 0. The molecule has 20 heavy (non-hydrogen) atoms. The average Bonchev–Trinajstić information content (AvgIpc) is 3.07. The molecule has 0 amide bonds. The van der Waals surface area contributed by atoms with Gasteiger partial charge in [-0.25, -0.2) is 0 Å². The van der Waals surface area contributed by atoms with Crippen molar-refractivity contribution in [1.82, 2.24) is 0 Å². The Kier molecular flexibility index (Phi) is 3.85. The zero-order chi connectivity index (χ0) is 14.3. The smallest absolute Gasteiger partial charge is 0.160 e. The predicted molar refractivity (Wildman–Crippen MR) is 89.2 cm³/mol. The van der Waals surface area contributed by atoms with Gasteiger partial charge < -0.3 is 0 Å². The Hall–Kier alpha value is -0.900. The second-order valence-electron chi connectivity index (χ2n) is 5.07. The Labute approximate surface area is 131 Å². The van der Waals surface area contributed by atoms with Gasteiger partial charge in [-0.2, -0.15) is 0 Å². The van der Waals surface area contributed by atoms with Gasteiger partial charge in [0.1, 0.15) is 0 Å². The summed E-state index contributed by atoms with van der Waals surface area (Å²) < 4.78 is 0.854. The number of hydrogen-bond donors (Lipinski definition) is 0. The maximum Gasteiger partial charge on any atom is 0.160 e. The van der Waals surface area contributed by atoms with Crippen LogP contribution in [0.2, 0.25) is 4.34 Å². The van der Waals surface area contributed by atoms with Crippen LogP contribution in [0.1, 0.15) is 49.8 Å². The molecule has 2 aromatic rings. The number of halogens is 1. The fourth-order valence-electron chi connectivity index (χ4n) is 2.95. The molecule has 0 aromatic carbocycles. The fraction of sp³-hybridized carbons (Fsp3) is 0.312. The number of thiophene rings is 2. The SMILES string of the molecule is Cc1sc(Cl)cc1C1=C(c2cc(C=O)sc2C)CCC1. The van der Waals surface area contributed by atoms with Crippen LogP contribution in [0.3, 0.4) is 0 Å². The summed E-state index contributed by atoms with van der Waals surface area (Å²) in [6, 6.07) is 4.13. The molecule has 0 saturated heterocycles.